The number of carbonyl (C=O) groups excluding carboxylic acids is 2. The van der Waals surface area contributed by atoms with Gasteiger partial charge in [-0.15, -0.1) is 11.8 Å². The van der Waals surface area contributed by atoms with Crippen LogP contribution in [0, 0.1) is 5.82 Å². The lowest BCUT2D eigenvalue weighted by Gasteiger charge is -2.15. The minimum atomic E-state index is -0.563. The summed E-state index contributed by atoms with van der Waals surface area (Å²) in [5, 5.41) is 2.15. The lowest BCUT2D eigenvalue weighted by Crippen LogP contribution is -2.18. The van der Waals surface area contributed by atoms with Crippen LogP contribution in [-0.4, -0.2) is 24.2 Å². The molecule has 0 radical (unpaired) electrons. The molecule has 0 aliphatic rings. The maximum atomic E-state index is 14.2. The fourth-order valence-electron chi connectivity index (χ4n) is 2.08. The number of carbonyl (C=O) groups is 2. The smallest absolute Gasteiger partial charge is 0.319 e. The van der Waals surface area contributed by atoms with Crippen LogP contribution >= 0.6 is 27.7 Å². The van der Waals surface area contributed by atoms with Crippen molar-refractivity contribution in [1.82, 2.24) is 0 Å². The Morgan fingerprint density at radius 1 is 1.28 bits per heavy atom. The Kier molecular flexibility index (Phi) is 7.01. The van der Waals surface area contributed by atoms with E-state index in [4.69, 9.17) is 4.74 Å². The van der Waals surface area contributed by atoms with Crippen LogP contribution in [-0.2, 0) is 9.53 Å². The average molecular weight is 426 g/mol. The standard InChI is InChI=1S/C18H17BrFNO3S/c1-3-15(18(23)24-2)25-16-10-14(13(20)9-12(16)19)21-17(22)11-7-5-4-6-8-11/h4-10,15H,3H2,1-2H3,(H,21,22). The van der Waals surface area contributed by atoms with Crippen molar-refractivity contribution < 1.29 is 18.7 Å². The number of thioether (sulfide) groups is 1. The highest BCUT2D eigenvalue weighted by Gasteiger charge is 2.21. The largest absolute Gasteiger partial charge is 0.468 e. The van der Waals surface area contributed by atoms with Gasteiger partial charge in [-0.1, -0.05) is 25.1 Å². The van der Waals surface area contributed by atoms with Crippen LogP contribution in [0.1, 0.15) is 23.7 Å². The number of amides is 1. The van der Waals surface area contributed by atoms with Crippen molar-refractivity contribution >= 4 is 45.3 Å². The van der Waals surface area contributed by atoms with Crippen molar-refractivity contribution in [2.75, 3.05) is 12.4 Å². The van der Waals surface area contributed by atoms with Crippen LogP contribution in [0.5, 0.6) is 0 Å². The number of anilines is 1. The number of esters is 1. The minimum absolute atomic E-state index is 0.0549. The van der Waals surface area contributed by atoms with Gasteiger partial charge in [0.25, 0.3) is 5.91 Å². The molecule has 0 aromatic heterocycles. The molecular weight excluding hydrogens is 409 g/mol. The Bertz CT molecular complexity index is 770. The van der Waals surface area contributed by atoms with Gasteiger partial charge in [0.15, 0.2) is 0 Å². The average Bonchev–Trinajstić information content (AvgIpc) is 2.63. The highest BCUT2D eigenvalue weighted by atomic mass is 79.9. The fraction of sp³-hybridized carbons (Fsp3) is 0.222. The molecule has 25 heavy (non-hydrogen) atoms. The van der Waals surface area contributed by atoms with E-state index in [1.807, 2.05) is 6.92 Å². The zero-order valence-corrected chi connectivity index (χ0v) is 16.1. The first-order valence-electron chi connectivity index (χ1n) is 7.56. The molecule has 1 unspecified atom stereocenters. The van der Waals surface area contributed by atoms with E-state index in [1.165, 1.54) is 31.0 Å². The Morgan fingerprint density at radius 2 is 1.96 bits per heavy atom. The fourth-order valence-corrected chi connectivity index (χ4v) is 3.70. The maximum Gasteiger partial charge on any atom is 0.319 e. The lowest BCUT2D eigenvalue weighted by molar-refractivity contribution is -0.140. The quantitative estimate of drug-likeness (QED) is 0.528. The van der Waals surface area contributed by atoms with Crippen LogP contribution in [0.25, 0.3) is 0 Å². The summed E-state index contributed by atoms with van der Waals surface area (Å²) in [6.07, 6.45) is 0.562. The first-order valence-corrected chi connectivity index (χ1v) is 9.23. The van der Waals surface area contributed by atoms with Gasteiger partial charge in [-0.3, -0.25) is 9.59 Å². The summed E-state index contributed by atoms with van der Waals surface area (Å²) in [6, 6.07) is 11.3. The van der Waals surface area contributed by atoms with E-state index < -0.39 is 17.0 Å². The zero-order chi connectivity index (χ0) is 18.4. The molecule has 1 amide bonds. The van der Waals surface area contributed by atoms with E-state index in [9.17, 15) is 14.0 Å². The van der Waals surface area contributed by atoms with Gasteiger partial charge < -0.3 is 10.1 Å². The minimum Gasteiger partial charge on any atom is -0.468 e. The van der Waals surface area contributed by atoms with Crippen LogP contribution in [0.3, 0.4) is 0 Å². The molecule has 2 aromatic rings. The van der Waals surface area contributed by atoms with Crippen molar-refractivity contribution in [3.63, 3.8) is 0 Å². The van der Waals surface area contributed by atoms with Crippen molar-refractivity contribution in [3.8, 4) is 0 Å². The molecule has 132 valence electrons. The number of halogens is 2. The third-order valence-electron chi connectivity index (χ3n) is 3.41. The van der Waals surface area contributed by atoms with E-state index in [0.717, 1.165) is 0 Å². The number of rotatable bonds is 6. The van der Waals surface area contributed by atoms with Crippen LogP contribution < -0.4 is 5.32 Å². The van der Waals surface area contributed by atoms with Crippen LogP contribution in [0.15, 0.2) is 51.8 Å². The number of hydrogen-bond donors (Lipinski definition) is 1. The number of hydrogen-bond acceptors (Lipinski definition) is 4. The van der Waals surface area contributed by atoms with E-state index in [2.05, 4.69) is 21.2 Å². The topological polar surface area (TPSA) is 55.4 Å². The van der Waals surface area contributed by atoms with Gasteiger partial charge in [0.1, 0.15) is 11.1 Å². The Morgan fingerprint density at radius 3 is 2.56 bits per heavy atom. The van der Waals surface area contributed by atoms with E-state index >= 15 is 0 Å². The van der Waals surface area contributed by atoms with Crippen molar-refractivity contribution in [3.05, 3.63) is 58.3 Å². The van der Waals surface area contributed by atoms with Crippen LogP contribution in [0.2, 0.25) is 0 Å². The third-order valence-corrected chi connectivity index (χ3v) is 5.73. The SMILES string of the molecule is CCC(Sc1cc(NC(=O)c2ccccc2)c(F)cc1Br)C(=O)OC. The van der Waals surface area contributed by atoms with Crippen molar-refractivity contribution in [2.45, 2.75) is 23.5 Å². The molecule has 2 rings (SSSR count). The van der Waals surface area contributed by atoms with Crippen molar-refractivity contribution in [2.24, 2.45) is 0 Å². The van der Waals surface area contributed by atoms with E-state index in [1.54, 1.807) is 30.3 Å². The molecular formula is C18H17BrFNO3S. The summed E-state index contributed by atoms with van der Waals surface area (Å²) in [7, 11) is 1.33. The lowest BCUT2D eigenvalue weighted by atomic mass is 10.2. The summed E-state index contributed by atoms with van der Waals surface area (Å²) in [4.78, 5) is 24.6. The molecule has 0 saturated heterocycles. The molecule has 1 N–H and O–H groups in total. The molecule has 7 heteroatoms. The first kappa shape index (κ1) is 19.5. The maximum absolute atomic E-state index is 14.2. The molecule has 4 nitrogen and oxygen atoms in total. The van der Waals surface area contributed by atoms with Crippen LogP contribution in [0.4, 0.5) is 10.1 Å². The Balaban J connectivity index is 2.25. The molecule has 0 heterocycles. The molecule has 0 spiro atoms. The molecule has 0 aliphatic heterocycles. The van der Waals surface area contributed by atoms with Gasteiger partial charge >= 0.3 is 5.97 Å². The molecule has 0 saturated carbocycles. The summed E-state index contributed by atoms with van der Waals surface area (Å²) in [5.41, 5.74) is 0.485. The number of ether oxygens (including phenoxy) is 1. The second kappa shape index (κ2) is 9.01. The monoisotopic (exact) mass is 425 g/mol. The predicted molar refractivity (Wildman–Crippen MR) is 100 cm³/mol. The molecule has 0 aliphatic carbocycles. The summed E-state index contributed by atoms with van der Waals surface area (Å²) >= 11 is 4.55. The molecule has 1 atom stereocenters. The third kappa shape index (κ3) is 5.06. The molecule has 0 fully saturated rings. The van der Waals surface area contributed by atoms with E-state index in [0.29, 0.717) is 21.4 Å². The Labute approximate surface area is 158 Å². The normalized spacial score (nSPS) is 11.7. The van der Waals surface area contributed by atoms with E-state index in [-0.39, 0.29) is 11.7 Å². The first-order chi connectivity index (χ1) is 12.0. The van der Waals surface area contributed by atoms with Gasteiger partial charge in [0.2, 0.25) is 0 Å². The number of methoxy groups -OCH3 is 1. The van der Waals surface area contributed by atoms with Crippen molar-refractivity contribution in [1.29, 1.82) is 0 Å². The second-order valence-electron chi connectivity index (χ2n) is 5.12. The highest BCUT2D eigenvalue weighted by Crippen LogP contribution is 2.36. The zero-order valence-electron chi connectivity index (χ0n) is 13.7. The summed E-state index contributed by atoms with van der Waals surface area (Å²) in [6.45, 7) is 1.87. The van der Waals surface area contributed by atoms with Gasteiger partial charge in [-0.2, -0.15) is 0 Å². The van der Waals surface area contributed by atoms with Gasteiger partial charge in [0.05, 0.1) is 12.8 Å². The highest BCUT2D eigenvalue weighted by molar-refractivity contribution is 9.10. The number of nitrogens with one attached hydrogen (secondary N) is 1. The second-order valence-corrected chi connectivity index (χ2v) is 7.22. The van der Waals surface area contributed by atoms with Gasteiger partial charge in [-0.25, -0.2) is 4.39 Å². The predicted octanol–water partition coefficient (Wildman–Crippen LogP) is 4.88. The van der Waals surface area contributed by atoms with Gasteiger partial charge in [0, 0.05) is 14.9 Å². The van der Waals surface area contributed by atoms with Gasteiger partial charge in [-0.05, 0) is 46.6 Å². The molecule has 0 bridgehead atoms. The molecule has 2 aromatic carbocycles. The Hall–Kier alpha value is -1.86. The summed E-state index contributed by atoms with van der Waals surface area (Å²) in [5.74, 6) is -1.32. The summed E-state index contributed by atoms with van der Waals surface area (Å²) < 4.78 is 19.5. The number of benzene rings is 2.